The summed E-state index contributed by atoms with van der Waals surface area (Å²) in [5, 5.41) is 0. The summed E-state index contributed by atoms with van der Waals surface area (Å²) in [6, 6.07) is 0. The monoisotopic (exact) mass is 204 g/mol. The van der Waals surface area contributed by atoms with E-state index < -0.39 is 0 Å². The smallest absolute Gasteiger partial charge is 0.125 e. The van der Waals surface area contributed by atoms with Crippen LogP contribution in [0.15, 0.2) is 0 Å². The van der Waals surface area contributed by atoms with E-state index in [2.05, 4.69) is 0 Å². The molecule has 1 fully saturated rings. The second-order valence-corrected chi connectivity index (χ2v) is 4.07. The second kappa shape index (κ2) is 4.97. The summed E-state index contributed by atoms with van der Waals surface area (Å²) in [7, 11) is 0. The standard InChI is InChI=1S/C10H17ClO2/c1-3-10-9(6-12)8(5-11)4-7(2)13-10/h6-10H,3-5H2,1-2H3/t7?,8?,9-,10?/m0/s1. The molecule has 0 saturated carbocycles. The summed E-state index contributed by atoms with van der Waals surface area (Å²) in [5.41, 5.74) is 0. The lowest BCUT2D eigenvalue weighted by molar-refractivity contribution is -0.132. The van der Waals surface area contributed by atoms with Gasteiger partial charge >= 0.3 is 0 Å². The zero-order chi connectivity index (χ0) is 9.84. The lowest BCUT2D eigenvalue weighted by atomic mass is 9.82. The minimum Gasteiger partial charge on any atom is -0.375 e. The van der Waals surface area contributed by atoms with Crippen molar-refractivity contribution >= 4 is 17.9 Å². The van der Waals surface area contributed by atoms with Crippen LogP contribution < -0.4 is 0 Å². The Labute approximate surface area is 84.6 Å². The molecule has 3 unspecified atom stereocenters. The number of halogens is 1. The van der Waals surface area contributed by atoms with Crippen molar-refractivity contribution in [2.24, 2.45) is 11.8 Å². The predicted molar refractivity (Wildman–Crippen MR) is 53.0 cm³/mol. The van der Waals surface area contributed by atoms with Crippen LogP contribution in [0.25, 0.3) is 0 Å². The Balaban J connectivity index is 2.67. The first-order chi connectivity index (χ1) is 6.22. The molecule has 0 aromatic rings. The Morgan fingerprint density at radius 2 is 2.31 bits per heavy atom. The maximum Gasteiger partial charge on any atom is 0.125 e. The molecule has 1 saturated heterocycles. The van der Waals surface area contributed by atoms with E-state index in [1.54, 1.807) is 0 Å². The highest BCUT2D eigenvalue weighted by Crippen LogP contribution is 2.31. The molecular formula is C10H17ClO2. The fraction of sp³-hybridized carbons (Fsp3) is 0.900. The van der Waals surface area contributed by atoms with Crippen molar-refractivity contribution in [1.82, 2.24) is 0 Å². The normalized spacial score (nSPS) is 40.2. The maximum atomic E-state index is 10.9. The van der Waals surface area contributed by atoms with Crippen molar-refractivity contribution in [3.63, 3.8) is 0 Å². The summed E-state index contributed by atoms with van der Waals surface area (Å²) in [6.45, 7) is 4.09. The van der Waals surface area contributed by atoms with Gasteiger partial charge in [0.2, 0.25) is 0 Å². The first-order valence-electron chi connectivity index (χ1n) is 4.89. The highest BCUT2D eigenvalue weighted by molar-refractivity contribution is 6.18. The molecule has 0 aromatic carbocycles. The predicted octanol–water partition coefficient (Wildman–Crippen LogP) is 2.24. The van der Waals surface area contributed by atoms with Crippen LogP contribution >= 0.6 is 11.6 Å². The van der Waals surface area contributed by atoms with E-state index in [0.29, 0.717) is 11.8 Å². The fourth-order valence-electron chi connectivity index (χ4n) is 2.06. The van der Waals surface area contributed by atoms with Crippen molar-refractivity contribution < 1.29 is 9.53 Å². The summed E-state index contributed by atoms with van der Waals surface area (Å²) < 4.78 is 5.68. The van der Waals surface area contributed by atoms with E-state index in [0.717, 1.165) is 19.1 Å². The number of aldehydes is 1. The van der Waals surface area contributed by atoms with Crippen LogP contribution in [-0.4, -0.2) is 24.4 Å². The van der Waals surface area contributed by atoms with Gasteiger partial charge < -0.3 is 9.53 Å². The number of hydrogen-bond donors (Lipinski definition) is 0. The topological polar surface area (TPSA) is 26.3 Å². The first kappa shape index (κ1) is 11.0. The van der Waals surface area contributed by atoms with E-state index in [1.165, 1.54) is 0 Å². The largest absolute Gasteiger partial charge is 0.375 e. The van der Waals surface area contributed by atoms with Gasteiger partial charge in [-0.25, -0.2) is 0 Å². The van der Waals surface area contributed by atoms with Crippen LogP contribution in [0.4, 0.5) is 0 Å². The van der Waals surface area contributed by atoms with E-state index in [9.17, 15) is 4.79 Å². The number of alkyl halides is 1. The molecule has 0 bridgehead atoms. The van der Waals surface area contributed by atoms with Crippen LogP contribution in [-0.2, 0) is 9.53 Å². The Hall–Kier alpha value is -0.0800. The van der Waals surface area contributed by atoms with Gasteiger partial charge in [0.05, 0.1) is 12.2 Å². The van der Waals surface area contributed by atoms with Crippen molar-refractivity contribution in [3.8, 4) is 0 Å². The summed E-state index contributed by atoms with van der Waals surface area (Å²) in [5.74, 6) is 0.861. The average Bonchev–Trinajstić information content (AvgIpc) is 2.16. The van der Waals surface area contributed by atoms with Crippen LogP contribution in [0, 0.1) is 11.8 Å². The van der Waals surface area contributed by atoms with Crippen molar-refractivity contribution in [2.75, 3.05) is 5.88 Å². The number of hydrogen-bond acceptors (Lipinski definition) is 2. The molecule has 1 heterocycles. The Morgan fingerprint density at radius 1 is 1.62 bits per heavy atom. The highest BCUT2D eigenvalue weighted by atomic mass is 35.5. The fourth-order valence-corrected chi connectivity index (χ4v) is 2.40. The Kier molecular flexibility index (Phi) is 4.20. The zero-order valence-corrected chi connectivity index (χ0v) is 8.96. The van der Waals surface area contributed by atoms with Gasteiger partial charge in [0.25, 0.3) is 0 Å². The molecule has 0 N–H and O–H groups in total. The van der Waals surface area contributed by atoms with Gasteiger partial charge in [0.15, 0.2) is 0 Å². The molecule has 0 amide bonds. The van der Waals surface area contributed by atoms with Gasteiger partial charge in [-0.2, -0.15) is 0 Å². The molecular weight excluding hydrogens is 188 g/mol. The van der Waals surface area contributed by atoms with Gasteiger partial charge in [-0.05, 0) is 25.7 Å². The van der Waals surface area contributed by atoms with Crippen molar-refractivity contribution in [2.45, 2.75) is 38.9 Å². The first-order valence-corrected chi connectivity index (χ1v) is 5.43. The number of ether oxygens (including phenoxy) is 1. The SMILES string of the molecule is CCC1OC(C)CC(CCl)[C@@H]1C=O. The molecule has 4 atom stereocenters. The Morgan fingerprint density at radius 3 is 2.77 bits per heavy atom. The molecule has 0 aliphatic carbocycles. The molecule has 2 nitrogen and oxygen atoms in total. The zero-order valence-electron chi connectivity index (χ0n) is 8.20. The lowest BCUT2D eigenvalue weighted by Gasteiger charge is -2.37. The van der Waals surface area contributed by atoms with Gasteiger partial charge in [-0.3, -0.25) is 0 Å². The minimum atomic E-state index is -0.00120. The molecule has 13 heavy (non-hydrogen) atoms. The van der Waals surface area contributed by atoms with Gasteiger partial charge in [-0.1, -0.05) is 6.92 Å². The van der Waals surface area contributed by atoms with E-state index >= 15 is 0 Å². The molecule has 1 aliphatic heterocycles. The van der Waals surface area contributed by atoms with Crippen molar-refractivity contribution in [3.05, 3.63) is 0 Å². The molecule has 0 aromatic heterocycles. The lowest BCUT2D eigenvalue weighted by Crippen LogP contribution is -2.41. The number of rotatable bonds is 3. The van der Waals surface area contributed by atoms with Crippen LogP contribution in [0.3, 0.4) is 0 Å². The number of carbonyl (C=O) groups excluding carboxylic acids is 1. The second-order valence-electron chi connectivity index (χ2n) is 3.76. The van der Waals surface area contributed by atoms with E-state index in [1.807, 2.05) is 13.8 Å². The van der Waals surface area contributed by atoms with Gasteiger partial charge in [0, 0.05) is 11.8 Å². The van der Waals surface area contributed by atoms with E-state index in [4.69, 9.17) is 16.3 Å². The van der Waals surface area contributed by atoms with Gasteiger partial charge in [0.1, 0.15) is 6.29 Å². The molecule has 0 radical (unpaired) electrons. The summed E-state index contributed by atoms with van der Waals surface area (Å²) >= 11 is 5.83. The summed E-state index contributed by atoms with van der Waals surface area (Å²) in [4.78, 5) is 10.9. The third-order valence-corrected chi connectivity index (χ3v) is 3.17. The van der Waals surface area contributed by atoms with Crippen LogP contribution in [0.1, 0.15) is 26.7 Å². The molecule has 0 spiro atoms. The number of carbonyl (C=O) groups is 1. The average molecular weight is 205 g/mol. The highest BCUT2D eigenvalue weighted by Gasteiger charge is 2.35. The molecule has 3 heteroatoms. The third-order valence-electron chi connectivity index (χ3n) is 2.77. The summed E-state index contributed by atoms with van der Waals surface area (Å²) in [6.07, 6.45) is 3.12. The Bertz CT molecular complexity index is 158. The molecule has 1 aliphatic rings. The maximum absolute atomic E-state index is 10.9. The van der Waals surface area contributed by atoms with E-state index in [-0.39, 0.29) is 18.1 Å². The molecule has 1 rings (SSSR count). The quantitative estimate of drug-likeness (QED) is 0.521. The third kappa shape index (κ3) is 2.44. The van der Waals surface area contributed by atoms with Gasteiger partial charge in [-0.15, -0.1) is 11.6 Å². The van der Waals surface area contributed by atoms with Crippen LogP contribution in [0.2, 0.25) is 0 Å². The van der Waals surface area contributed by atoms with Crippen molar-refractivity contribution in [1.29, 1.82) is 0 Å². The van der Waals surface area contributed by atoms with Crippen LogP contribution in [0.5, 0.6) is 0 Å². The molecule has 76 valence electrons. The minimum absolute atomic E-state index is 0.00120.